The van der Waals surface area contributed by atoms with Crippen LogP contribution in [0.4, 0.5) is 0 Å². The molecule has 110 valence electrons. The van der Waals surface area contributed by atoms with Crippen LogP contribution in [0.3, 0.4) is 0 Å². The molecule has 0 bridgehead atoms. The van der Waals surface area contributed by atoms with Crippen molar-refractivity contribution in [3.8, 4) is 0 Å². The van der Waals surface area contributed by atoms with Crippen LogP contribution in [0.15, 0.2) is 6.20 Å². The molecule has 1 aliphatic rings. The van der Waals surface area contributed by atoms with Gasteiger partial charge in [-0.05, 0) is 50.9 Å². The Morgan fingerprint density at radius 2 is 1.80 bits per heavy atom. The first-order chi connectivity index (χ1) is 9.29. The Balaban J connectivity index is 2.08. The van der Waals surface area contributed by atoms with Crippen LogP contribution in [0, 0.1) is 18.3 Å². The maximum absolute atomic E-state index is 11.4. The van der Waals surface area contributed by atoms with Crippen LogP contribution in [0.25, 0.3) is 0 Å². The number of carbonyl (C=O) groups is 1. The number of aryl methyl sites for hydroxylation is 1. The molecule has 1 saturated carbocycles. The maximum atomic E-state index is 11.4. The predicted octanol–water partition coefficient (Wildman–Crippen LogP) is 4.31. The van der Waals surface area contributed by atoms with Crippen molar-refractivity contribution < 1.29 is 4.79 Å². The first-order valence-electron chi connectivity index (χ1n) is 7.63. The molecular weight excluding hydrogens is 248 g/mol. The van der Waals surface area contributed by atoms with Crippen LogP contribution in [0.1, 0.15) is 81.2 Å². The molecule has 0 unspecified atom stereocenters. The number of carbonyl (C=O) groups excluding carboxylic acids is 1. The van der Waals surface area contributed by atoms with E-state index in [4.69, 9.17) is 0 Å². The lowest BCUT2D eigenvalue weighted by molar-refractivity contribution is 0.101. The molecule has 3 nitrogen and oxygen atoms in total. The van der Waals surface area contributed by atoms with Gasteiger partial charge in [-0.3, -0.25) is 4.79 Å². The van der Waals surface area contributed by atoms with E-state index >= 15 is 0 Å². The van der Waals surface area contributed by atoms with Crippen molar-refractivity contribution in [3.05, 3.63) is 23.3 Å². The van der Waals surface area contributed by atoms with Gasteiger partial charge in [-0.25, -0.2) is 9.97 Å². The summed E-state index contributed by atoms with van der Waals surface area (Å²) in [5.41, 5.74) is 1.87. The summed E-state index contributed by atoms with van der Waals surface area (Å²) in [6.45, 7) is 10.5. The first-order valence-corrected chi connectivity index (χ1v) is 7.63. The summed E-state index contributed by atoms with van der Waals surface area (Å²) in [5, 5.41) is 0. The quantitative estimate of drug-likeness (QED) is 0.755. The number of ketones is 1. The molecule has 0 atom stereocenters. The number of aromatic nitrogens is 2. The van der Waals surface area contributed by atoms with E-state index in [1.165, 1.54) is 25.7 Å². The van der Waals surface area contributed by atoms with Crippen LogP contribution < -0.4 is 0 Å². The number of nitrogens with zero attached hydrogens (tertiary/aromatic N) is 2. The molecule has 2 rings (SSSR count). The highest BCUT2D eigenvalue weighted by Crippen LogP contribution is 2.42. The van der Waals surface area contributed by atoms with Crippen molar-refractivity contribution in [3.63, 3.8) is 0 Å². The lowest BCUT2D eigenvalue weighted by Crippen LogP contribution is -2.26. The lowest BCUT2D eigenvalue weighted by Gasteiger charge is -2.36. The lowest BCUT2D eigenvalue weighted by atomic mass is 9.69. The third kappa shape index (κ3) is 3.25. The predicted molar refractivity (Wildman–Crippen MR) is 80.9 cm³/mol. The third-order valence-corrected chi connectivity index (χ3v) is 4.69. The molecular formula is C17H26N2O. The largest absolute Gasteiger partial charge is 0.294 e. The Morgan fingerprint density at radius 3 is 2.25 bits per heavy atom. The minimum Gasteiger partial charge on any atom is -0.294 e. The minimum atomic E-state index is 0.0468. The summed E-state index contributed by atoms with van der Waals surface area (Å²) in [5.74, 6) is 2.25. The monoisotopic (exact) mass is 274 g/mol. The van der Waals surface area contributed by atoms with Gasteiger partial charge in [0.25, 0.3) is 0 Å². The highest BCUT2D eigenvalue weighted by molar-refractivity contribution is 5.94. The van der Waals surface area contributed by atoms with Crippen molar-refractivity contribution in [1.82, 2.24) is 9.97 Å². The molecule has 0 radical (unpaired) electrons. The molecule has 0 aromatic carbocycles. The molecule has 3 heteroatoms. The van der Waals surface area contributed by atoms with Crippen LogP contribution in [-0.2, 0) is 0 Å². The summed E-state index contributed by atoms with van der Waals surface area (Å²) < 4.78 is 0. The highest BCUT2D eigenvalue weighted by Gasteiger charge is 2.31. The van der Waals surface area contributed by atoms with E-state index in [-0.39, 0.29) is 5.78 Å². The summed E-state index contributed by atoms with van der Waals surface area (Å²) in [7, 11) is 0. The zero-order chi connectivity index (χ0) is 14.9. The van der Waals surface area contributed by atoms with Gasteiger partial charge in [0.2, 0.25) is 0 Å². The van der Waals surface area contributed by atoms with Crippen molar-refractivity contribution in [2.24, 2.45) is 11.3 Å². The van der Waals surface area contributed by atoms with Crippen LogP contribution in [0.5, 0.6) is 0 Å². The van der Waals surface area contributed by atoms with Gasteiger partial charge < -0.3 is 0 Å². The van der Waals surface area contributed by atoms with Gasteiger partial charge >= 0.3 is 0 Å². The molecule has 1 heterocycles. The Bertz CT molecular complexity index is 494. The van der Waals surface area contributed by atoms with Crippen LogP contribution in [0.2, 0.25) is 0 Å². The van der Waals surface area contributed by atoms with Crippen molar-refractivity contribution in [1.29, 1.82) is 0 Å². The molecule has 20 heavy (non-hydrogen) atoms. The second kappa shape index (κ2) is 5.63. The smallest absolute Gasteiger partial charge is 0.163 e. The molecule has 1 aromatic heterocycles. The SMILES string of the molecule is CC(=O)c1cnc(C2CCC(C(C)(C)C)CC2)nc1C. The maximum Gasteiger partial charge on any atom is 0.163 e. The van der Waals surface area contributed by atoms with Gasteiger partial charge in [0, 0.05) is 12.1 Å². The van der Waals surface area contributed by atoms with Crippen molar-refractivity contribution in [2.45, 2.75) is 66.2 Å². The van der Waals surface area contributed by atoms with Gasteiger partial charge in [-0.2, -0.15) is 0 Å². The third-order valence-electron chi connectivity index (χ3n) is 4.69. The molecule has 0 saturated heterocycles. The van der Waals surface area contributed by atoms with E-state index in [1.54, 1.807) is 13.1 Å². The minimum absolute atomic E-state index is 0.0468. The second-order valence-electron chi connectivity index (χ2n) is 7.20. The number of hydrogen-bond acceptors (Lipinski definition) is 3. The normalized spacial score (nSPS) is 23.6. The van der Waals surface area contributed by atoms with E-state index < -0.39 is 0 Å². The fourth-order valence-corrected chi connectivity index (χ4v) is 3.25. The zero-order valence-electron chi connectivity index (χ0n) is 13.4. The zero-order valence-corrected chi connectivity index (χ0v) is 13.4. The van der Waals surface area contributed by atoms with E-state index in [0.717, 1.165) is 17.4 Å². The molecule has 0 aliphatic heterocycles. The Kier molecular flexibility index (Phi) is 4.26. The summed E-state index contributed by atoms with van der Waals surface area (Å²) in [6.07, 6.45) is 6.55. The standard InChI is InChI=1S/C17H26N2O/c1-11-15(12(2)20)10-18-16(19-11)13-6-8-14(9-7-13)17(3,4)5/h10,13-14H,6-9H2,1-5H3. The van der Waals surface area contributed by atoms with Gasteiger partial charge in [0.15, 0.2) is 5.78 Å². The molecule has 1 aromatic rings. The van der Waals surface area contributed by atoms with Crippen molar-refractivity contribution >= 4 is 5.78 Å². The molecule has 0 amide bonds. The van der Waals surface area contributed by atoms with Gasteiger partial charge in [0.05, 0.1) is 11.3 Å². The average Bonchev–Trinajstić information content (AvgIpc) is 2.37. The van der Waals surface area contributed by atoms with Crippen molar-refractivity contribution in [2.75, 3.05) is 0 Å². The first kappa shape index (κ1) is 15.1. The molecule has 0 N–H and O–H groups in total. The number of hydrogen-bond donors (Lipinski definition) is 0. The van der Waals surface area contributed by atoms with E-state index in [9.17, 15) is 4.79 Å². The topological polar surface area (TPSA) is 42.9 Å². The van der Waals surface area contributed by atoms with E-state index in [2.05, 4.69) is 30.7 Å². The summed E-state index contributed by atoms with van der Waals surface area (Å²) in [4.78, 5) is 20.4. The fourth-order valence-electron chi connectivity index (χ4n) is 3.25. The van der Waals surface area contributed by atoms with Crippen LogP contribution >= 0.6 is 0 Å². The highest BCUT2D eigenvalue weighted by atomic mass is 16.1. The van der Waals surface area contributed by atoms with Gasteiger partial charge in [-0.15, -0.1) is 0 Å². The van der Waals surface area contributed by atoms with E-state index in [1.807, 2.05) is 6.92 Å². The number of rotatable bonds is 2. The average molecular weight is 274 g/mol. The number of Topliss-reactive ketones (excluding diaryl/α,β-unsaturated/α-hetero) is 1. The van der Waals surface area contributed by atoms with Gasteiger partial charge in [-0.1, -0.05) is 20.8 Å². The van der Waals surface area contributed by atoms with Crippen LogP contribution in [-0.4, -0.2) is 15.8 Å². The molecule has 1 aliphatic carbocycles. The molecule has 0 spiro atoms. The van der Waals surface area contributed by atoms with Gasteiger partial charge in [0.1, 0.15) is 5.82 Å². The Labute approximate surface area is 122 Å². The Morgan fingerprint density at radius 1 is 1.20 bits per heavy atom. The van der Waals surface area contributed by atoms with E-state index in [0.29, 0.717) is 16.9 Å². The molecule has 1 fully saturated rings. The fraction of sp³-hybridized carbons (Fsp3) is 0.706. The summed E-state index contributed by atoms with van der Waals surface area (Å²) in [6, 6.07) is 0. The Hall–Kier alpha value is -1.25. The summed E-state index contributed by atoms with van der Waals surface area (Å²) >= 11 is 0. The second-order valence-corrected chi connectivity index (χ2v) is 7.20.